The third kappa shape index (κ3) is 6.29. The van der Waals surface area contributed by atoms with E-state index in [2.05, 4.69) is 9.80 Å². The van der Waals surface area contributed by atoms with Gasteiger partial charge in [-0.05, 0) is 75.9 Å². The summed E-state index contributed by atoms with van der Waals surface area (Å²) in [7, 11) is 1.96. The molecule has 0 bridgehead atoms. The van der Waals surface area contributed by atoms with E-state index in [0.717, 1.165) is 70.0 Å². The monoisotopic (exact) mass is 447 g/mol. The number of carbonyl (C=O) groups excluding carboxylic acids is 1. The second kappa shape index (κ2) is 11.4. The highest BCUT2D eigenvalue weighted by Crippen LogP contribution is 2.24. The summed E-state index contributed by atoms with van der Waals surface area (Å²) in [5.41, 5.74) is 12.6. The lowest BCUT2D eigenvalue weighted by Crippen LogP contribution is -2.49. The summed E-state index contributed by atoms with van der Waals surface area (Å²) in [5, 5.41) is 0. The first-order valence-corrected chi connectivity index (χ1v) is 11.4. The zero-order chi connectivity index (χ0) is 23.1. The van der Waals surface area contributed by atoms with Gasteiger partial charge < -0.3 is 16.4 Å². The lowest BCUT2D eigenvalue weighted by atomic mass is 9.93. The van der Waals surface area contributed by atoms with Crippen LogP contribution in [0.15, 0.2) is 42.2 Å². The van der Waals surface area contributed by atoms with Crippen molar-refractivity contribution in [3.05, 3.63) is 59.4 Å². The van der Waals surface area contributed by atoms with Gasteiger partial charge in [0.2, 0.25) is 5.91 Å². The summed E-state index contributed by atoms with van der Waals surface area (Å²) in [6.07, 6.45) is 8.31. The van der Waals surface area contributed by atoms with Crippen molar-refractivity contribution < 1.29 is 13.6 Å². The van der Waals surface area contributed by atoms with Gasteiger partial charge in [-0.25, -0.2) is 8.78 Å². The molecule has 2 fully saturated rings. The van der Waals surface area contributed by atoms with Crippen molar-refractivity contribution in [2.75, 3.05) is 39.8 Å². The third-order valence-electron chi connectivity index (χ3n) is 6.70. The number of amides is 1. The molecule has 2 aliphatic rings. The van der Waals surface area contributed by atoms with Crippen LogP contribution in [0, 0.1) is 17.6 Å². The van der Waals surface area contributed by atoms with Crippen LogP contribution in [0.1, 0.15) is 31.2 Å². The Bertz CT molecular complexity index is 828. The van der Waals surface area contributed by atoms with Crippen molar-refractivity contribution in [3.8, 4) is 0 Å². The topological polar surface area (TPSA) is 78.8 Å². The molecule has 1 amide bonds. The predicted octanol–water partition coefficient (Wildman–Crippen LogP) is 2.41. The molecule has 1 aromatic rings. The fourth-order valence-corrected chi connectivity index (χ4v) is 4.71. The second-order valence-electron chi connectivity index (χ2n) is 8.86. The molecule has 3 rings (SSSR count). The first kappa shape index (κ1) is 24.2. The van der Waals surface area contributed by atoms with E-state index in [1.165, 1.54) is 18.3 Å². The van der Waals surface area contributed by atoms with Crippen LogP contribution in [-0.4, -0.2) is 66.4 Å². The molecule has 8 heteroatoms. The van der Waals surface area contributed by atoms with Gasteiger partial charge in [0.05, 0.1) is 0 Å². The van der Waals surface area contributed by atoms with Gasteiger partial charge in [-0.3, -0.25) is 14.6 Å². The number of rotatable bonds is 7. The maximum atomic E-state index is 14.0. The highest BCUT2D eigenvalue weighted by Gasteiger charge is 2.31. The SMILES string of the molecule is CN(Cc1ccc(F)cc1F)C1CCN(C(=O)C2CCN(CC(/C=C\N)=C/N)CC2)CC1. The zero-order valence-electron chi connectivity index (χ0n) is 18.9. The van der Waals surface area contributed by atoms with Crippen LogP contribution in [0.2, 0.25) is 0 Å². The van der Waals surface area contributed by atoms with Gasteiger partial charge in [0.25, 0.3) is 0 Å². The molecule has 176 valence electrons. The summed E-state index contributed by atoms with van der Waals surface area (Å²) in [5.74, 6) is -0.741. The van der Waals surface area contributed by atoms with Crippen LogP contribution in [0.25, 0.3) is 0 Å². The Labute approximate surface area is 189 Å². The molecule has 0 radical (unpaired) electrons. The van der Waals surface area contributed by atoms with E-state index < -0.39 is 11.6 Å². The van der Waals surface area contributed by atoms with E-state index in [-0.39, 0.29) is 17.9 Å². The molecule has 2 aliphatic heterocycles. The number of likely N-dealkylation sites (tertiary alicyclic amines) is 2. The third-order valence-corrected chi connectivity index (χ3v) is 6.70. The molecule has 0 atom stereocenters. The van der Waals surface area contributed by atoms with E-state index in [1.54, 1.807) is 6.20 Å². The van der Waals surface area contributed by atoms with E-state index in [9.17, 15) is 13.6 Å². The first-order valence-electron chi connectivity index (χ1n) is 11.4. The van der Waals surface area contributed by atoms with E-state index in [4.69, 9.17) is 11.5 Å². The van der Waals surface area contributed by atoms with Gasteiger partial charge in [0.15, 0.2) is 0 Å². The van der Waals surface area contributed by atoms with Crippen molar-refractivity contribution in [2.24, 2.45) is 17.4 Å². The van der Waals surface area contributed by atoms with E-state index in [0.29, 0.717) is 12.1 Å². The summed E-state index contributed by atoms with van der Waals surface area (Å²) in [4.78, 5) is 19.4. The first-order chi connectivity index (χ1) is 15.4. The maximum absolute atomic E-state index is 14.0. The van der Waals surface area contributed by atoms with Crippen LogP contribution in [0.4, 0.5) is 8.78 Å². The number of hydrogen-bond acceptors (Lipinski definition) is 5. The zero-order valence-corrected chi connectivity index (χ0v) is 18.9. The van der Waals surface area contributed by atoms with Gasteiger partial charge in [0, 0.05) is 49.8 Å². The number of nitrogens with two attached hydrogens (primary N) is 2. The standard InChI is InChI=1S/C24H35F2N5O/c1-29(17-20-2-3-21(25)14-23(20)26)22-7-12-31(13-8-22)24(32)19-5-10-30(11-6-19)16-18(15-28)4-9-27/h2-4,9,14-15,19,22H,5-8,10-13,16-17,27-28H2,1H3/b9-4-,18-15+. The molecule has 32 heavy (non-hydrogen) atoms. The fraction of sp³-hybridized carbons (Fsp3) is 0.542. The molecule has 1 aromatic carbocycles. The number of nitrogens with zero attached hydrogens (tertiary/aromatic N) is 3. The van der Waals surface area contributed by atoms with Gasteiger partial charge in [0.1, 0.15) is 11.6 Å². The highest BCUT2D eigenvalue weighted by molar-refractivity contribution is 5.79. The molecular weight excluding hydrogens is 412 g/mol. The smallest absolute Gasteiger partial charge is 0.225 e. The number of hydrogen-bond donors (Lipinski definition) is 2. The molecular formula is C24H35F2N5O. The largest absolute Gasteiger partial charge is 0.405 e. The molecule has 2 saturated heterocycles. The quantitative estimate of drug-likeness (QED) is 0.628. The lowest BCUT2D eigenvalue weighted by Gasteiger charge is -2.39. The van der Waals surface area contributed by atoms with Crippen molar-refractivity contribution in [1.82, 2.24) is 14.7 Å². The van der Waals surface area contributed by atoms with Crippen LogP contribution in [0.5, 0.6) is 0 Å². The Morgan fingerprint density at radius 3 is 2.41 bits per heavy atom. The number of carbonyl (C=O) groups is 1. The Morgan fingerprint density at radius 1 is 1.12 bits per heavy atom. The molecule has 0 unspecified atom stereocenters. The average Bonchev–Trinajstić information content (AvgIpc) is 2.80. The minimum absolute atomic E-state index is 0.0733. The molecule has 4 N–H and O–H groups in total. The summed E-state index contributed by atoms with van der Waals surface area (Å²) < 4.78 is 27.1. The van der Waals surface area contributed by atoms with Gasteiger partial charge >= 0.3 is 0 Å². The van der Waals surface area contributed by atoms with Gasteiger partial charge in [-0.1, -0.05) is 6.07 Å². The Hall–Kier alpha value is -2.45. The molecule has 2 heterocycles. The highest BCUT2D eigenvalue weighted by atomic mass is 19.1. The van der Waals surface area contributed by atoms with E-state index in [1.807, 2.05) is 18.0 Å². The van der Waals surface area contributed by atoms with E-state index >= 15 is 0 Å². The molecule has 0 aliphatic carbocycles. The molecule has 0 spiro atoms. The van der Waals surface area contributed by atoms with Crippen molar-refractivity contribution in [1.29, 1.82) is 0 Å². The molecule has 0 saturated carbocycles. The van der Waals surface area contributed by atoms with Crippen LogP contribution in [0.3, 0.4) is 0 Å². The molecule has 0 aromatic heterocycles. The van der Waals surface area contributed by atoms with Gasteiger partial charge in [-0.2, -0.15) is 0 Å². The Morgan fingerprint density at radius 2 is 1.81 bits per heavy atom. The number of benzene rings is 1. The maximum Gasteiger partial charge on any atom is 0.225 e. The van der Waals surface area contributed by atoms with Crippen molar-refractivity contribution in [3.63, 3.8) is 0 Å². The average molecular weight is 448 g/mol. The molecule has 6 nitrogen and oxygen atoms in total. The predicted molar refractivity (Wildman–Crippen MR) is 122 cm³/mol. The summed E-state index contributed by atoms with van der Waals surface area (Å²) in [6.45, 7) is 4.37. The Kier molecular flexibility index (Phi) is 8.64. The van der Waals surface area contributed by atoms with Crippen LogP contribution >= 0.6 is 0 Å². The summed E-state index contributed by atoms with van der Waals surface area (Å²) in [6, 6.07) is 4.01. The van der Waals surface area contributed by atoms with Crippen LogP contribution in [-0.2, 0) is 11.3 Å². The normalized spacial score (nSPS) is 19.9. The summed E-state index contributed by atoms with van der Waals surface area (Å²) >= 11 is 0. The number of piperidine rings is 2. The second-order valence-corrected chi connectivity index (χ2v) is 8.86. The minimum Gasteiger partial charge on any atom is -0.405 e. The Balaban J connectivity index is 1.43. The van der Waals surface area contributed by atoms with Crippen molar-refractivity contribution >= 4 is 5.91 Å². The van der Waals surface area contributed by atoms with Crippen LogP contribution < -0.4 is 11.5 Å². The minimum atomic E-state index is -0.560. The number of halogens is 2. The lowest BCUT2D eigenvalue weighted by molar-refractivity contribution is -0.138. The van der Waals surface area contributed by atoms with Crippen molar-refractivity contribution in [2.45, 2.75) is 38.3 Å². The fourth-order valence-electron chi connectivity index (χ4n) is 4.71. The van der Waals surface area contributed by atoms with Gasteiger partial charge in [-0.15, -0.1) is 0 Å².